The van der Waals surface area contributed by atoms with E-state index in [0.717, 1.165) is 90.0 Å². The fourth-order valence-electron chi connectivity index (χ4n) is 6.55. The normalized spacial score (nSPS) is 17.8. The van der Waals surface area contributed by atoms with Crippen molar-refractivity contribution < 1.29 is 9.47 Å². The fourth-order valence-corrected chi connectivity index (χ4v) is 8.05. The number of rotatable bonds is 10. The van der Waals surface area contributed by atoms with E-state index in [1.165, 1.54) is 11.3 Å². The van der Waals surface area contributed by atoms with E-state index in [9.17, 15) is 0 Å². The zero-order valence-electron chi connectivity index (χ0n) is 26.7. The average molecular weight is 694 g/mol. The van der Waals surface area contributed by atoms with E-state index in [4.69, 9.17) is 14.5 Å². The number of piperidine rings is 1. The number of halogens is 1. The molecule has 0 amide bonds. The van der Waals surface area contributed by atoms with Crippen molar-refractivity contribution in [2.24, 2.45) is 0 Å². The van der Waals surface area contributed by atoms with Crippen molar-refractivity contribution in [1.29, 1.82) is 0 Å². The van der Waals surface area contributed by atoms with Crippen molar-refractivity contribution in [3.8, 4) is 5.75 Å². The van der Waals surface area contributed by atoms with Crippen LogP contribution in [0.5, 0.6) is 5.75 Å². The standard InChI is InChI=1S/C33H42BrN8O2P/c1-6-44-23-11-16-42(20-23)22-9-14-41(15-10-22)28-18-29(43-3)27(17-21(28)2)39-33-37-19-24(34)32(40-33)38-26-8-7-25-30(31(26)45(4)5)36-13-12-35-25/h7-8,12-13,17-19,22-23H,6,9-11,14-16,20H2,1-5H3,(H2,37,38,39,40). The topological polar surface area (TPSA) is 101 Å². The first-order valence-corrected chi connectivity index (χ1v) is 18.6. The maximum Gasteiger partial charge on any atom is 0.229 e. The number of aryl methyl sites for hydroxylation is 1. The molecule has 2 saturated heterocycles. The Kier molecular flexibility index (Phi) is 9.99. The van der Waals surface area contributed by atoms with Crippen LogP contribution in [-0.4, -0.2) is 90.2 Å². The molecule has 4 heterocycles. The van der Waals surface area contributed by atoms with Gasteiger partial charge in [0.1, 0.15) is 11.6 Å². The van der Waals surface area contributed by atoms with Crippen LogP contribution in [0.3, 0.4) is 0 Å². The summed E-state index contributed by atoms with van der Waals surface area (Å²) in [7, 11) is 1.25. The van der Waals surface area contributed by atoms with Crippen LogP contribution in [0, 0.1) is 6.92 Å². The Morgan fingerprint density at radius 2 is 1.80 bits per heavy atom. The van der Waals surface area contributed by atoms with Gasteiger partial charge in [0, 0.05) is 80.2 Å². The van der Waals surface area contributed by atoms with Crippen LogP contribution in [0.1, 0.15) is 31.7 Å². The second kappa shape index (κ2) is 14.1. The molecule has 0 radical (unpaired) electrons. The molecule has 12 heteroatoms. The van der Waals surface area contributed by atoms with Crippen LogP contribution < -0.4 is 25.6 Å². The average Bonchev–Trinajstić information content (AvgIpc) is 3.51. The summed E-state index contributed by atoms with van der Waals surface area (Å²) in [5.41, 5.74) is 5.99. The number of anilines is 5. The van der Waals surface area contributed by atoms with Crippen LogP contribution in [-0.2, 0) is 4.74 Å². The van der Waals surface area contributed by atoms with Crippen LogP contribution in [0.4, 0.5) is 28.8 Å². The Labute approximate surface area is 275 Å². The van der Waals surface area contributed by atoms with Gasteiger partial charge in [-0.05, 0) is 86.1 Å². The van der Waals surface area contributed by atoms with Gasteiger partial charge in [0.15, 0.2) is 0 Å². The van der Waals surface area contributed by atoms with Crippen LogP contribution in [0.15, 0.2) is 47.3 Å². The molecule has 4 aromatic rings. The third kappa shape index (κ3) is 7.02. The summed E-state index contributed by atoms with van der Waals surface area (Å²) in [6, 6.07) is 8.95. The SMILES string of the molecule is CCOC1CCN(C2CCN(c3cc(OC)c(Nc4ncc(Br)c(Nc5ccc6nccnc6c5P(C)C)n4)cc3C)CC2)C1. The molecule has 2 aliphatic rings. The molecule has 2 aliphatic heterocycles. The van der Waals surface area contributed by atoms with E-state index < -0.39 is 7.92 Å². The molecule has 2 fully saturated rings. The number of likely N-dealkylation sites (tertiary alicyclic amines) is 1. The first kappa shape index (κ1) is 31.9. The van der Waals surface area contributed by atoms with Crippen molar-refractivity contribution in [3.05, 3.63) is 52.9 Å². The zero-order valence-corrected chi connectivity index (χ0v) is 29.2. The number of hydrogen-bond donors (Lipinski definition) is 2. The van der Waals surface area contributed by atoms with Crippen molar-refractivity contribution in [2.45, 2.75) is 45.3 Å². The molecule has 45 heavy (non-hydrogen) atoms. The molecule has 0 saturated carbocycles. The Bertz CT molecular complexity index is 1650. The smallest absolute Gasteiger partial charge is 0.229 e. The fraction of sp³-hybridized carbons (Fsp3) is 0.455. The van der Waals surface area contributed by atoms with Crippen molar-refractivity contribution in [2.75, 3.05) is 68.8 Å². The molecule has 2 aromatic heterocycles. The summed E-state index contributed by atoms with van der Waals surface area (Å²) >= 11 is 3.64. The lowest BCUT2D eigenvalue weighted by Crippen LogP contribution is -2.44. The summed E-state index contributed by atoms with van der Waals surface area (Å²) in [5.74, 6) is 1.89. The maximum absolute atomic E-state index is 5.89. The van der Waals surface area contributed by atoms with Gasteiger partial charge in [0.05, 0.1) is 34.4 Å². The molecular formula is C33H42BrN8O2P. The van der Waals surface area contributed by atoms with Crippen LogP contribution >= 0.6 is 23.9 Å². The van der Waals surface area contributed by atoms with Gasteiger partial charge in [0.2, 0.25) is 5.95 Å². The molecule has 2 aromatic carbocycles. The predicted octanol–water partition coefficient (Wildman–Crippen LogP) is 6.43. The molecule has 238 valence electrons. The van der Waals surface area contributed by atoms with Gasteiger partial charge >= 0.3 is 0 Å². The number of nitrogens with zero attached hydrogens (tertiary/aromatic N) is 6. The lowest BCUT2D eigenvalue weighted by atomic mass is 10.0. The van der Waals surface area contributed by atoms with Gasteiger partial charge in [-0.2, -0.15) is 4.98 Å². The minimum atomic E-state index is -0.465. The Hall–Kier alpha value is -3.11. The highest BCUT2D eigenvalue weighted by atomic mass is 79.9. The highest BCUT2D eigenvalue weighted by Gasteiger charge is 2.31. The van der Waals surface area contributed by atoms with Gasteiger partial charge < -0.3 is 25.0 Å². The largest absolute Gasteiger partial charge is 0.494 e. The highest BCUT2D eigenvalue weighted by molar-refractivity contribution is 9.10. The van der Waals surface area contributed by atoms with E-state index in [2.05, 4.69) is 90.6 Å². The van der Waals surface area contributed by atoms with Gasteiger partial charge in [0.25, 0.3) is 0 Å². The highest BCUT2D eigenvalue weighted by Crippen LogP contribution is 2.38. The first-order chi connectivity index (χ1) is 21.8. The first-order valence-electron chi connectivity index (χ1n) is 15.6. The number of aromatic nitrogens is 4. The Morgan fingerprint density at radius 3 is 2.56 bits per heavy atom. The minimum absolute atomic E-state index is 0.396. The summed E-state index contributed by atoms with van der Waals surface area (Å²) in [4.78, 5) is 23.6. The number of hydrogen-bond acceptors (Lipinski definition) is 10. The third-order valence-corrected chi connectivity index (χ3v) is 10.7. The number of fused-ring (bicyclic) bond motifs is 1. The zero-order chi connectivity index (χ0) is 31.5. The molecule has 0 aliphatic carbocycles. The van der Waals surface area contributed by atoms with Gasteiger partial charge in [-0.1, -0.05) is 7.92 Å². The third-order valence-electron chi connectivity index (χ3n) is 8.72. The van der Waals surface area contributed by atoms with Crippen molar-refractivity contribution in [1.82, 2.24) is 24.8 Å². The van der Waals surface area contributed by atoms with E-state index in [-0.39, 0.29) is 0 Å². The van der Waals surface area contributed by atoms with Crippen LogP contribution in [0.2, 0.25) is 0 Å². The summed E-state index contributed by atoms with van der Waals surface area (Å²) < 4.78 is 12.5. The summed E-state index contributed by atoms with van der Waals surface area (Å²) in [6.45, 7) is 13.8. The maximum atomic E-state index is 5.89. The second-order valence-corrected chi connectivity index (χ2v) is 14.9. The molecule has 0 bridgehead atoms. The Morgan fingerprint density at radius 1 is 1.00 bits per heavy atom. The van der Waals surface area contributed by atoms with E-state index in [1.807, 2.05) is 12.1 Å². The number of nitrogens with one attached hydrogen (secondary N) is 2. The minimum Gasteiger partial charge on any atom is -0.494 e. The lowest BCUT2D eigenvalue weighted by Gasteiger charge is -2.38. The van der Waals surface area contributed by atoms with E-state index in [0.29, 0.717) is 23.9 Å². The van der Waals surface area contributed by atoms with Crippen molar-refractivity contribution in [3.63, 3.8) is 0 Å². The molecule has 2 N–H and O–H groups in total. The molecule has 0 spiro atoms. The summed E-state index contributed by atoms with van der Waals surface area (Å²) in [5, 5.41) is 8.09. The Balaban J connectivity index is 1.17. The number of benzene rings is 2. The molecular weight excluding hydrogens is 651 g/mol. The van der Waals surface area contributed by atoms with E-state index >= 15 is 0 Å². The monoisotopic (exact) mass is 692 g/mol. The molecule has 6 rings (SSSR count). The van der Waals surface area contributed by atoms with E-state index in [1.54, 1.807) is 25.7 Å². The van der Waals surface area contributed by atoms with Gasteiger partial charge in [-0.25, -0.2) is 4.98 Å². The van der Waals surface area contributed by atoms with Crippen molar-refractivity contribution >= 4 is 69.0 Å². The van der Waals surface area contributed by atoms with Gasteiger partial charge in [-0.15, -0.1) is 0 Å². The van der Waals surface area contributed by atoms with Gasteiger partial charge in [-0.3, -0.25) is 14.9 Å². The number of methoxy groups -OCH3 is 1. The predicted molar refractivity (Wildman–Crippen MR) is 189 cm³/mol. The quantitative estimate of drug-likeness (QED) is 0.181. The molecule has 10 nitrogen and oxygen atoms in total. The van der Waals surface area contributed by atoms with Crippen LogP contribution in [0.25, 0.3) is 11.0 Å². The molecule has 1 atom stereocenters. The second-order valence-electron chi connectivity index (χ2n) is 11.8. The summed E-state index contributed by atoms with van der Waals surface area (Å²) in [6.07, 6.45) is 9.09. The molecule has 1 unspecified atom stereocenters. The lowest BCUT2D eigenvalue weighted by molar-refractivity contribution is 0.0626. The number of ether oxygens (including phenoxy) is 2.